The van der Waals surface area contributed by atoms with Crippen molar-refractivity contribution in [2.24, 2.45) is 0 Å². The number of rotatable bonds is 3. The van der Waals surface area contributed by atoms with Gasteiger partial charge < -0.3 is 4.90 Å². The molecule has 0 spiro atoms. The summed E-state index contributed by atoms with van der Waals surface area (Å²) < 4.78 is 0. The van der Waals surface area contributed by atoms with Gasteiger partial charge in [0.2, 0.25) is 11.7 Å². The lowest BCUT2D eigenvalue weighted by Gasteiger charge is -2.25. The Labute approximate surface area is 139 Å². The SMILES string of the molecule is CC1CSCCCN1C(=O)/C=C/c1ccccc1-c1nn[nH]n1. The van der Waals surface area contributed by atoms with E-state index < -0.39 is 0 Å². The first kappa shape index (κ1) is 15.7. The number of benzene rings is 1. The van der Waals surface area contributed by atoms with Gasteiger partial charge in [-0.25, -0.2) is 0 Å². The summed E-state index contributed by atoms with van der Waals surface area (Å²) in [4.78, 5) is 14.5. The van der Waals surface area contributed by atoms with E-state index >= 15 is 0 Å². The maximum Gasteiger partial charge on any atom is 0.246 e. The Morgan fingerprint density at radius 2 is 2.30 bits per heavy atom. The van der Waals surface area contributed by atoms with Crippen molar-refractivity contribution in [1.29, 1.82) is 0 Å². The van der Waals surface area contributed by atoms with Crippen LogP contribution in [0.25, 0.3) is 17.5 Å². The van der Waals surface area contributed by atoms with Crippen molar-refractivity contribution < 1.29 is 4.79 Å². The molecule has 2 heterocycles. The molecule has 1 aromatic heterocycles. The van der Waals surface area contributed by atoms with E-state index in [1.54, 1.807) is 6.08 Å². The molecule has 0 aliphatic carbocycles. The smallest absolute Gasteiger partial charge is 0.246 e. The molecule has 0 saturated carbocycles. The van der Waals surface area contributed by atoms with Crippen molar-refractivity contribution in [3.63, 3.8) is 0 Å². The maximum atomic E-state index is 12.5. The summed E-state index contributed by atoms with van der Waals surface area (Å²) in [5.74, 6) is 2.71. The first-order valence-electron chi connectivity index (χ1n) is 7.65. The Hall–Kier alpha value is -2.15. The number of carbonyl (C=O) groups is 1. The fourth-order valence-corrected chi connectivity index (χ4v) is 3.63. The van der Waals surface area contributed by atoms with Crippen LogP contribution in [-0.2, 0) is 4.79 Å². The van der Waals surface area contributed by atoms with Gasteiger partial charge >= 0.3 is 0 Å². The number of amides is 1. The highest BCUT2D eigenvalue weighted by atomic mass is 32.2. The van der Waals surface area contributed by atoms with E-state index in [1.807, 2.05) is 47.0 Å². The highest BCUT2D eigenvalue weighted by molar-refractivity contribution is 7.99. The van der Waals surface area contributed by atoms with Crippen LogP contribution in [0.2, 0.25) is 0 Å². The molecule has 1 amide bonds. The molecule has 23 heavy (non-hydrogen) atoms. The molecule has 1 aliphatic rings. The molecule has 1 aliphatic heterocycles. The van der Waals surface area contributed by atoms with Crippen LogP contribution < -0.4 is 0 Å². The van der Waals surface area contributed by atoms with Gasteiger partial charge in [0.1, 0.15) is 0 Å². The Morgan fingerprint density at radius 3 is 3.13 bits per heavy atom. The van der Waals surface area contributed by atoms with Crippen molar-refractivity contribution in [2.75, 3.05) is 18.1 Å². The molecule has 1 atom stereocenters. The zero-order valence-corrected chi connectivity index (χ0v) is 13.8. The molecule has 6 nitrogen and oxygen atoms in total. The highest BCUT2D eigenvalue weighted by Gasteiger charge is 2.20. The minimum atomic E-state index is 0.0583. The Balaban J connectivity index is 1.79. The number of aromatic nitrogens is 4. The first-order chi connectivity index (χ1) is 11.3. The van der Waals surface area contributed by atoms with E-state index in [0.29, 0.717) is 5.82 Å². The third-order valence-electron chi connectivity index (χ3n) is 3.81. The lowest BCUT2D eigenvalue weighted by molar-refractivity contribution is -0.127. The van der Waals surface area contributed by atoms with Crippen LogP contribution in [0.3, 0.4) is 0 Å². The second-order valence-electron chi connectivity index (χ2n) is 5.47. The van der Waals surface area contributed by atoms with Gasteiger partial charge in [0.05, 0.1) is 0 Å². The van der Waals surface area contributed by atoms with Crippen LogP contribution in [0, 0.1) is 0 Å². The molecule has 1 N–H and O–H groups in total. The van der Waals surface area contributed by atoms with Crippen LogP contribution in [0.4, 0.5) is 0 Å². The number of hydrogen-bond donors (Lipinski definition) is 1. The van der Waals surface area contributed by atoms with Gasteiger partial charge in [-0.1, -0.05) is 24.3 Å². The third-order valence-corrected chi connectivity index (χ3v) is 5.11. The average molecular weight is 329 g/mol. The second kappa shape index (κ2) is 7.41. The van der Waals surface area contributed by atoms with Gasteiger partial charge in [0.15, 0.2) is 0 Å². The Morgan fingerprint density at radius 1 is 1.43 bits per heavy atom. The summed E-state index contributed by atoms with van der Waals surface area (Å²) in [6.07, 6.45) is 4.53. The van der Waals surface area contributed by atoms with E-state index in [-0.39, 0.29) is 11.9 Å². The summed E-state index contributed by atoms with van der Waals surface area (Å²) in [6.45, 7) is 2.93. The van der Waals surface area contributed by atoms with E-state index in [4.69, 9.17) is 0 Å². The van der Waals surface area contributed by atoms with Gasteiger partial charge in [0, 0.05) is 30.0 Å². The Kier molecular flexibility index (Phi) is 5.07. The van der Waals surface area contributed by atoms with Crippen molar-refractivity contribution in [3.05, 3.63) is 35.9 Å². The maximum absolute atomic E-state index is 12.5. The number of carbonyl (C=O) groups excluding carboxylic acids is 1. The summed E-state index contributed by atoms with van der Waals surface area (Å²) >= 11 is 1.92. The molecule has 1 aromatic carbocycles. The van der Waals surface area contributed by atoms with E-state index in [0.717, 1.165) is 35.6 Å². The number of thioether (sulfide) groups is 1. The van der Waals surface area contributed by atoms with Crippen LogP contribution in [-0.4, -0.2) is 55.5 Å². The molecule has 0 radical (unpaired) electrons. The van der Waals surface area contributed by atoms with Crippen LogP contribution in [0.5, 0.6) is 0 Å². The predicted molar refractivity (Wildman–Crippen MR) is 91.8 cm³/mol. The summed E-state index contributed by atoms with van der Waals surface area (Å²) in [6, 6.07) is 7.97. The normalized spacial score (nSPS) is 19.0. The van der Waals surface area contributed by atoms with Crippen LogP contribution in [0.15, 0.2) is 30.3 Å². The van der Waals surface area contributed by atoms with Crippen molar-refractivity contribution in [2.45, 2.75) is 19.4 Å². The molecule has 1 unspecified atom stereocenters. The summed E-state index contributed by atoms with van der Waals surface area (Å²) in [7, 11) is 0. The van der Waals surface area contributed by atoms with Crippen molar-refractivity contribution in [3.8, 4) is 11.4 Å². The minimum absolute atomic E-state index is 0.0583. The highest BCUT2D eigenvalue weighted by Crippen LogP contribution is 2.21. The largest absolute Gasteiger partial charge is 0.336 e. The third kappa shape index (κ3) is 3.79. The number of H-pyrrole nitrogens is 1. The van der Waals surface area contributed by atoms with E-state index in [9.17, 15) is 4.79 Å². The van der Waals surface area contributed by atoms with E-state index in [2.05, 4.69) is 27.5 Å². The van der Waals surface area contributed by atoms with Gasteiger partial charge in [0.25, 0.3) is 0 Å². The molecule has 1 fully saturated rings. The van der Waals surface area contributed by atoms with Crippen LogP contribution >= 0.6 is 11.8 Å². The number of nitrogens with zero attached hydrogens (tertiary/aromatic N) is 4. The minimum Gasteiger partial charge on any atom is -0.336 e. The second-order valence-corrected chi connectivity index (χ2v) is 6.61. The number of aromatic amines is 1. The quantitative estimate of drug-likeness (QED) is 0.874. The fourth-order valence-electron chi connectivity index (χ4n) is 2.61. The molecular weight excluding hydrogens is 310 g/mol. The average Bonchev–Trinajstić information content (AvgIpc) is 3.02. The van der Waals surface area contributed by atoms with Gasteiger partial charge in [-0.3, -0.25) is 4.79 Å². The zero-order chi connectivity index (χ0) is 16.1. The molecule has 2 aromatic rings. The topological polar surface area (TPSA) is 74.8 Å². The first-order valence-corrected chi connectivity index (χ1v) is 8.80. The molecule has 0 bridgehead atoms. The standard InChI is InChI=1S/C16H19N5OS/c1-12-11-23-10-4-9-21(12)15(22)8-7-13-5-2-3-6-14(13)16-17-19-20-18-16/h2-3,5-8,12H,4,9-11H2,1H3,(H,17,18,19,20)/b8-7+. The van der Waals surface area contributed by atoms with Crippen LogP contribution in [0.1, 0.15) is 18.9 Å². The van der Waals surface area contributed by atoms with Gasteiger partial charge in [-0.15, -0.1) is 10.2 Å². The zero-order valence-electron chi connectivity index (χ0n) is 13.0. The van der Waals surface area contributed by atoms with Crippen molar-refractivity contribution in [1.82, 2.24) is 25.5 Å². The van der Waals surface area contributed by atoms with E-state index in [1.165, 1.54) is 0 Å². The van der Waals surface area contributed by atoms with Gasteiger partial charge in [-0.05, 0) is 36.0 Å². The molecule has 1 saturated heterocycles. The molecule has 7 heteroatoms. The number of tetrazole rings is 1. The molecule has 120 valence electrons. The molecular formula is C16H19N5OS. The lowest BCUT2D eigenvalue weighted by Crippen LogP contribution is -2.38. The number of nitrogens with one attached hydrogen (secondary N) is 1. The summed E-state index contributed by atoms with van der Waals surface area (Å²) in [5, 5.41) is 14.1. The lowest BCUT2D eigenvalue weighted by atomic mass is 10.1. The molecule has 3 rings (SSSR count). The van der Waals surface area contributed by atoms with Crippen molar-refractivity contribution >= 4 is 23.7 Å². The monoisotopic (exact) mass is 329 g/mol. The summed E-state index contributed by atoms with van der Waals surface area (Å²) in [5.41, 5.74) is 1.75. The van der Waals surface area contributed by atoms with Gasteiger partial charge in [-0.2, -0.15) is 17.0 Å². The number of hydrogen-bond acceptors (Lipinski definition) is 5. The fraction of sp³-hybridized carbons (Fsp3) is 0.375. The predicted octanol–water partition coefficient (Wildman–Crippen LogP) is 2.23. The Bertz CT molecular complexity index is 686.